The first-order valence-electron chi connectivity index (χ1n) is 8.62. The summed E-state index contributed by atoms with van der Waals surface area (Å²) in [5, 5.41) is 13.3. The van der Waals surface area contributed by atoms with Crippen LogP contribution in [0.25, 0.3) is 0 Å². The highest BCUT2D eigenvalue weighted by Crippen LogP contribution is 2.34. The monoisotopic (exact) mass is 479 g/mol. The highest BCUT2D eigenvalue weighted by atomic mass is 35.5. The summed E-state index contributed by atoms with van der Waals surface area (Å²) in [6, 6.07) is 10.7. The van der Waals surface area contributed by atoms with E-state index in [0.29, 0.717) is 29.7 Å². The molecule has 2 atom stereocenters. The van der Waals surface area contributed by atoms with Crippen LogP contribution < -0.4 is 5.32 Å². The molecule has 2 N–H and O–H groups in total. The highest BCUT2D eigenvalue weighted by molar-refractivity contribution is 7.91. The predicted octanol–water partition coefficient (Wildman–Crippen LogP) is 3.86. The molecule has 2 aromatic carbocycles. The average molecular weight is 481 g/mol. The van der Waals surface area contributed by atoms with Gasteiger partial charge in [0.1, 0.15) is 0 Å². The Hall–Kier alpha value is -1.35. The van der Waals surface area contributed by atoms with Crippen molar-refractivity contribution in [2.75, 3.05) is 25.4 Å². The molecule has 1 aliphatic rings. The molecule has 0 saturated carbocycles. The number of carboxylic acids is 1. The fraction of sp³-hybridized carbons (Fsp3) is 0.316. The molecule has 0 radical (unpaired) electrons. The molecule has 0 aromatic heterocycles. The van der Waals surface area contributed by atoms with Gasteiger partial charge in [0.15, 0.2) is 9.84 Å². The van der Waals surface area contributed by atoms with Crippen molar-refractivity contribution in [1.29, 1.82) is 0 Å². The maximum absolute atomic E-state index is 13.0. The lowest BCUT2D eigenvalue weighted by atomic mass is 9.97. The lowest BCUT2D eigenvalue weighted by Gasteiger charge is -2.25. The molecule has 29 heavy (non-hydrogen) atoms. The molecule has 10 heteroatoms. The van der Waals surface area contributed by atoms with Crippen LogP contribution in [0.3, 0.4) is 0 Å². The van der Waals surface area contributed by atoms with Gasteiger partial charge in [-0.3, -0.25) is 0 Å². The number of hydrogen-bond acceptors (Lipinski definition) is 5. The van der Waals surface area contributed by atoms with E-state index in [1.54, 1.807) is 18.2 Å². The number of nitrogens with one attached hydrogen (secondary N) is 1. The van der Waals surface area contributed by atoms with Crippen LogP contribution in [-0.2, 0) is 14.6 Å². The van der Waals surface area contributed by atoms with Crippen molar-refractivity contribution < 1.29 is 23.1 Å². The van der Waals surface area contributed by atoms with Crippen LogP contribution in [0.1, 0.15) is 22.0 Å². The molecule has 0 unspecified atom stereocenters. The molecule has 2 aromatic rings. The van der Waals surface area contributed by atoms with Gasteiger partial charge in [0.25, 0.3) is 0 Å². The van der Waals surface area contributed by atoms with Crippen LogP contribution in [0.15, 0.2) is 47.4 Å². The molecule has 0 bridgehead atoms. The molecule has 1 heterocycles. The van der Waals surface area contributed by atoms with Gasteiger partial charge < -0.3 is 15.2 Å². The van der Waals surface area contributed by atoms with Crippen LogP contribution in [0.5, 0.6) is 0 Å². The number of halogens is 3. The fourth-order valence-electron chi connectivity index (χ4n) is 3.28. The Bertz CT molecular complexity index is 984. The maximum atomic E-state index is 13.0. The fourth-order valence-corrected chi connectivity index (χ4v) is 5.40. The van der Waals surface area contributed by atoms with Crippen molar-refractivity contribution >= 4 is 51.4 Å². The SMILES string of the molecule is Cl.O=C(O)c1ccccc1S(=O)(=O)C[C@@H]1CNCCO[C@H]1c1ccc(Cl)c(Cl)c1. The van der Waals surface area contributed by atoms with Crippen molar-refractivity contribution in [2.24, 2.45) is 5.92 Å². The van der Waals surface area contributed by atoms with E-state index in [1.807, 2.05) is 0 Å². The Morgan fingerprint density at radius 3 is 2.59 bits per heavy atom. The number of carbonyl (C=O) groups is 1. The molecule has 0 amide bonds. The van der Waals surface area contributed by atoms with Crippen molar-refractivity contribution in [3.63, 3.8) is 0 Å². The van der Waals surface area contributed by atoms with E-state index in [1.165, 1.54) is 24.3 Å². The second-order valence-corrected chi connectivity index (χ2v) is 9.33. The normalized spacial score (nSPS) is 19.8. The molecule has 3 rings (SSSR count). The minimum atomic E-state index is -3.87. The number of benzene rings is 2. The molecule has 158 valence electrons. The van der Waals surface area contributed by atoms with Gasteiger partial charge >= 0.3 is 5.97 Å². The highest BCUT2D eigenvalue weighted by Gasteiger charge is 2.33. The molecule has 1 fully saturated rings. The van der Waals surface area contributed by atoms with Gasteiger partial charge in [-0.05, 0) is 29.8 Å². The zero-order valence-electron chi connectivity index (χ0n) is 15.2. The topological polar surface area (TPSA) is 92.7 Å². The second-order valence-electron chi connectivity index (χ2n) is 6.51. The first-order chi connectivity index (χ1) is 13.3. The average Bonchev–Trinajstić information content (AvgIpc) is 2.89. The van der Waals surface area contributed by atoms with Gasteiger partial charge in [-0.15, -0.1) is 12.4 Å². The van der Waals surface area contributed by atoms with Crippen molar-refractivity contribution in [3.8, 4) is 0 Å². The van der Waals surface area contributed by atoms with Crippen molar-refractivity contribution in [1.82, 2.24) is 5.32 Å². The Labute approximate surface area is 185 Å². The van der Waals surface area contributed by atoms with E-state index in [-0.39, 0.29) is 28.6 Å². The Kier molecular flexibility index (Phi) is 8.34. The molecule has 1 saturated heterocycles. The molecule has 0 aliphatic carbocycles. The number of aromatic carboxylic acids is 1. The van der Waals surface area contributed by atoms with Crippen LogP contribution in [0, 0.1) is 5.92 Å². The zero-order chi connectivity index (χ0) is 20.3. The van der Waals surface area contributed by atoms with Crippen LogP contribution in [0.4, 0.5) is 0 Å². The van der Waals surface area contributed by atoms with E-state index in [2.05, 4.69) is 5.32 Å². The Morgan fingerprint density at radius 1 is 1.17 bits per heavy atom. The second kappa shape index (κ2) is 10.1. The van der Waals surface area contributed by atoms with Gasteiger partial charge in [-0.1, -0.05) is 41.4 Å². The van der Waals surface area contributed by atoms with E-state index in [4.69, 9.17) is 27.9 Å². The summed E-state index contributed by atoms with van der Waals surface area (Å²) in [4.78, 5) is 11.2. The van der Waals surface area contributed by atoms with E-state index >= 15 is 0 Å². The minimum Gasteiger partial charge on any atom is -0.478 e. The summed E-state index contributed by atoms with van der Waals surface area (Å²) >= 11 is 12.1. The Balaban J connectivity index is 0.00000300. The number of carboxylic acid groups (broad SMARTS) is 1. The number of hydrogen-bond donors (Lipinski definition) is 2. The van der Waals surface area contributed by atoms with Gasteiger partial charge in [-0.2, -0.15) is 0 Å². The van der Waals surface area contributed by atoms with Crippen molar-refractivity contribution in [3.05, 3.63) is 63.6 Å². The molecule has 1 aliphatic heterocycles. The quantitative estimate of drug-likeness (QED) is 0.675. The van der Waals surface area contributed by atoms with Gasteiger partial charge in [0.2, 0.25) is 0 Å². The van der Waals surface area contributed by atoms with Crippen LogP contribution >= 0.6 is 35.6 Å². The summed E-state index contributed by atoms with van der Waals surface area (Å²) in [5.74, 6) is -1.99. The largest absolute Gasteiger partial charge is 0.478 e. The third kappa shape index (κ3) is 5.63. The van der Waals surface area contributed by atoms with E-state index in [9.17, 15) is 18.3 Å². The molecule has 0 spiro atoms. The van der Waals surface area contributed by atoms with E-state index < -0.39 is 27.8 Å². The third-order valence-electron chi connectivity index (χ3n) is 4.57. The van der Waals surface area contributed by atoms with Gasteiger partial charge in [-0.25, -0.2) is 13.2 Å². The van der Waals surface area contributed by atoms with Crippen molar-refractivity contribution in [2.45, 2.75) is 11.0 Å². The van der Waals surface area contributed by atoms with E-state index in [0.717, 1.165) is 5.56 Å². The summed E-state index contributed by atoms with van der Waals surface area (Å²) in [7, 11) is -3.87. The minimum absolute atomic E-state index is 0. The Morgan fingerprint density at radius 2 is 1.90 bits per heavy atom. The first kappa shape index (κ1) is 23.9. The predicted molar refractivity (Wildman–Crippen MR) is 114 cm³/mol. The number of rotatable bonds is 5. The first-order valence-corrected chi connectivity index (χ1v) is 11.0. The lowest BCUT2D eigenvalue weighted by molar-refractivity contribution is 0.0369. The smallest absolute Gasteiger partial charge is 0.337 e. The maximum Gasteiger partial charge on any atom is 0.337 e. The molecular weight excluding hydrogens is 461 g/mol. The summed E-state index contributed by atoms with van der Waals surface area (Å²) in [5.41, 5.74) is 0.487. The summed E-state index contributed by atoms with van der Waals surface area (Å²) < 4.78 is 32.0. The summed E-state index contributed by atoms with van der Waals surface area (Å²) in [6.07, 6.45) is -0.517. The number of ether oxygens (including phenoxy) is 1. The standard InChI is InChI=1S/C19H19Cl2NO5S.ClH/c20-15-6-5-12(9-16(15)21)18-13(10-22-7-8-27-18)11-28(25,26)17-4-2-1-3-14(17)19(23)24;/h1-6,9,13,18,22H,7-8,10-11H2,(H,23,24);1H/t13-,18-;/m0./s1. The summed E-state index contributed by atoms with van der Waals surface area (Å²) in [6.45, 7) is 1.40. The van der Waals surface area contributed by atoms with Gasteiger partial charge in [0, 0.05) is 19.0 Å². The molecular formula is C19H20Cl3NO5S. The third-order valence-corrected chi connectivity index (χ3v) is 7.20. The van der Waals surface area contributed by atoms with Gasteiger partial charge in [0.05, 0.1) is 39.0 Å². The lowest BCUT2D eigenvalue weighted by Crippen LogP contribution is -2.31. The van der Waals surface area contributed by atoms with Crippen LogP contribution in [0.2, 0.25) is 10.0 Å². The molecule has 6 nitrogen and oxygen atoms in total. The van der Waals surface area contributed by atoms with Crippen LogP contribution in [-0.4, -0.2) is 44.9 Å². The zero-order valence-corrected chi connectivity index (χ0v) is 18.3. The number of sulfone groups is 1.